The van der Waals surface area contributed by atoms with Crippen LogP contribution in [0.5, 0.6) is 0 Å². The molecule has 2 aromatic carbocycles. The van der Waals surface area contributed by atoms with Crippen LogP contribution in [-0.2, 0) is 29.1 Å². The molecule has 0 aromatic heterocycles. The molecule has 0 nitrogen and oxygen atoms in total. The third-order valence-corrected chi connectivity index (χ3v) is 5.42. The summed E-state index contributed by atoms with van der Waals surface area (Å²) in [4.78, 5) is 0. The van der Waals surface area contributed by atoms with E-state index in [0.29, 0.717) is 0 Å². The van der Waals surface area contributed by atoms with E-state index in [1.54, 1.807) is 0 Å². The Kier molecular flexibility index (Phi) is 6.30. The molecule has 0 fully saturated rings. The number of hydrogen-bond acceptors (Lipinski definition) is 0. The van der Waals surface area contributed by atoms with Crippen LogP contribution in [0.25, 0.3) is 0 Å². The minimum absolute atomic E-state index is 0.180. The molecule has 0 unspecified atom stereocenters. The van der Waals surface area contributed by atoms with Gasteiger partial charge in [0.25, 0.3) is 0 Å². The average Bonchev–Trinajstić information content (AvgIpc) is 2.52. The molecule has 0 heteroatoms. The fraction of sp³-hybridized carbons (Fsp3) is 0.556. The van der Waals surface area contributed by atoms with Gasteiger partial charge in [0.05, 0.1) is 0 Å². The van der Waals surface area contributed by atoms with Gasteiger partial charge in [-0.05, 0) is 63.3 Å². The highest BCUT2D eigenvalue weighted by Crippen LogP contribution is 2.34. The Morgan fingerprint density at radius 1 is 0.556 bits per heavy atom. The van der Waals surface area contributed by atoms with Gasteiger partial charge >= 0.3 is 0 Å². The molecular weight excluding hydrogens is 324 g/mol. The van der Waals surface area contributed by atoms with Crippen LogP contribution in [0.3, 0.4) is 0 Å². The number of hydrogen-bond donors (Lipinski definition) is 0. The lowest BCUT2D eigenvalue weighted by Crippen LogP contribution is -2.22. The van der Waals surface area contributed by atoms with Crippen molar-refractivity contribution in [2.75, 3.05) is 0 Å². The molecule has 2 aromatic rings. The van der Waals surface area contributed by atoms with Crippen molar-refractivity contribution in [3.05, 3.63) is 70.3 Å². The molecule has 0 spiro atoms. The van der Waals surface area contributed by atoms with Gasteiger partial charge in [0, 0.05) is 0 Å². The van der Waals surface area contributed by atoms with E-state index < -0.39 is 0 Å². The van der Waals surface area contributed by atoms with Crippen molar-refractivity contribution in [3.63, 3.8) is 0 Å². The molecule has 0 saturated heterocycles. The molecule has 0 heterocycles. The molecule has 0 amide bonds. The van der Waals surface area contributed by atoms with E-state index >= 15 is 0 Å². The van der Waals surface area contributed by atoms with Crippen LogP contribution in [0, 0.1) is 0 Å². The van der Waals surface area contributed by atoms with Gasteiger partial charge < -0.3 is 0 Å². The fourth-order valence-electron chi connectivity index (χ4n) is 3.71. The van der Waals surface area contributed by atoms with E-state index in [9.17, 15) is 0 Å². The largest absolute Gasteiger partial charge is 0.0617 e. The van der Waals surface area contributed by atoms with Crippen molar-refractivity contribution in [2.24, 2.45) is 0 Å². The maximum atomic E-state index is 2.46. The lowest BCUT2D eigenvalue weighted by Gasteiger charge is -2.30. The molecule has 0 aliphatic rings. The van der Waals surface area contributed by atoms with Crippen LogP contribution in [0.15, 0.2) is 42.5 Å². The van der Waals surface area contributed by atoms with E-state index in [-0.39, 0.29) is 16.2 Å². The van der Waals surface area contributed by atoms with Crippen molar-refractivity contribution < 1.29 is 0 Å². The van der Waals surface area contributed by atoms with Gasteiger partial charge in [0.15, 0.2) is 0 Å². The molecule has 2 rings (SSSR count). The van der Waals surface area contributed by atoms with Crippen molar-refractivity contribution in [1.29, 1.82) is 0 Å². The maximum Gasteiger partial charge on any atom is -0.0129 e. The molecule has 148 valence electrons. The summed E-state index contributed by atoms with van der Waals surface area (Å²) < 4.78 is 0. The van der Waals surface area contributed by atoms with E-state index in [4.69, 9.17) is 0 Å². The highest BCUT2D eigenvalue weighted by atomic mass is 14.3. The van der Waals surface area contributed by atoms with Crippen LogP contribution in [-0.4, -0.2) is 0 Å². The van der Waals surface area contributed by atoms with Gasteiger partial charge in [-0.3, -0.25) is 0 Å². The minimum atomic E-state index is 0.180. The van der Waals surface area contributed by atoms with Crippen molar-refractivity contribution >= 4 is 0 Å². The summed E-state index contributed by atoms with van der Waals surface area (Å²) in [6.07, 6.45) is 3.50. The van der Waals surface area contributed by atoms with Crippen LogP contribution in [0.2, 0.25) is 0 Å². The predicted octanol–water partition coefficient (Wildman–Crippen LogP) is 7.75. The van der Waals surface area contributed by atoms with Crippen LogP contribution in [0.4, 0.5) is 0 Å². The quantitative estimate of drug-likeness (QED) is 0.520. The van der Waals surface area contributed by atoms with Crippen molar-refractivity contribution in [2.45, 2.75) is 97.8 Å². The normalized spacial score (nSPS) is 13.1. The first kappa shape index (κ1) is 21.7. The standard InChI is InChI=1S/C27H40/c1-25(2,3)22-15-11-14-20(18-22)12-10-13-21-16-17-23(26(4,5)6)24(19-21)27(7,8)9/h11,14-19H,10,12-13H2,1-9H3. The van der Waals surface area contributed by atoms with E-state index in [1.807, 2.05) is 0 Å². The summed E-state index contributed by atoms with van der Waals surface area (Å²) in [7, 11) is 0. The van der Waals surface area contributed by atoms with Gasteiger partial charge in [-0.2, -0.15) is 0 Å². The zero-order valence-electron chi connectivity index (χ0n) is 19.2. The summed E-state index contributed by atoms with van der Waals surface area (Å²) in [6.45, 7) is 20.8. The molecule has 0 radical (unpaired) electrons. The SMILES string of the molecule is CC(C)(C)c1cccc(CCCc2ccc(C(C)(C)C)c(C(C)(C)C)c2)c1. The second-order valence-electron chi connectivity index (χ2n) is 11.2. The van der Waals surface area contributed by atoms with Crippen LogP contribution in [0.1, 0.15) is 96.6 Å². The topological polar surface area (TPSA) is 0 Å². The molecule has 0 aliphatic heterocycles. The highest BCUT2D eigenvalue weighted by Gasteiger charge is 2.25. The molecular formula is C27H40. The predicted molar refractivity (Wildman–Crippen MR) is 121 cm³/mol. The Morgan fingerprint density at radius 2 is 1.11 bits per heavy atom. The molecule has 0 N–H and O–H groups in total. The zero-order chi connectivity index (χ0) is 20.5. The Balaban J connectivity index is 2.13. The van der Waals surface area contributed by atoms with Gasteiger partial charge in [-0.25, -0.2) is 0 Å². The summed E-state index contributed by atoms with van der Waals surface area (Å²) in [5.41, 5.74) is 7.95. The Hall–Kier alpha value is -1.56. The molecule has 0 saturated carbocycles. The van der Waals surface area contributed by atoms with Gasteiger partial charge in [-0.15, -0.1) is 0 Å². The third-order valence-electron chi connectivity index (χ3n) is 5.42. The molecule has 0 aliphatic carbocycles. The molecule has 27 heavy (non-hydrogen) atoms. The third kappa shape index (κ3) is 5.96. The first-order valence-corrected chi connectivity index (χ1v) is 10.5. The smallest absolute Gasteiger partial charge is 0.0129 e. The maximum absolute atomic E-state index is 2.46. The average molecular weight is 365 g/mol. The second-order valence-corrected chi connectivity index (χ2v) is 11.2. The summed E-state index contributed by atoms with van der Waals surface area (Å²) in [5.74, 6) is 0. The number of aryl methyl sites for hydroxylation is 2. The van der Waals surface area contributed by atoms with Gasteiger partial charge in [0.1, 0.15) is 0 Å². The van der Waals surface area contributed by atoms with Gasteiger partial charge in [0.2, 0.25) is 0 Å². The highest BCUT2D eigenvalue weighted by molar-refractivity contribution is 5.40. The van der Waals surface area contributed by atoms with Gasteiger partial charge in [-0.1, -0.05) is 105 Å². The van der Waals surface area contributed by atoms with Crippen LogP contribution < -0.4 is 0 Å². The zero-order valence-corrected chi connectivity index (χ0v) is 19.2. The first-order chi connectivity index (χ1) is 12.3. The minimum Gasteiger partial charge on any atom is -0.0617 e. The lowest BCUT2D eigenvalue weighted by molar-refractivity contribution is 0.529. The van der Waals surface area contributed by atoms with E-state index in [2.05, 4.69) is 105 Å². The van der Waals surface area contributed by atoms with Crippen molar-refractivity contribution in [3.8, 4) is 0 Å². The Morgan fingerprint density at radius 3 is 1.63 bits per heavy atom. The summed E-state index contributed by atoms with van der Waals surface area (Å²) in [5, 5.41) is 0. The molecule has 0 bridgehead atoms. The molecule has 0 atom stereocenters. The van der Waals surface area contributed by atoms with E-state index in [1.165, 1.54) is 34.2 Å². The summed E-state index contributed by atoms with van der Waals surface area (Å²) in [6, 6.07) is 16.3. The van der Waals surface area contributed by atoms with Crippen molar-refractivity contribution in [1.82, 2.24) is 0 Å². The lowest BCUT2D eigenvalue weighted by atomic mass is 9.74. The first-order valence-electron chi connectivity index (χ1n) is 10.5. The fourth-order valence-corrected chi connectivity index (χ4v) is 3.71. The second kappa shape index (κ2) is 7.82. The monoisotopic (exact) mass is 364 g/mol. The number of rotatable bonds is 4. The van der Waals surface area contributed by atoms with E-state index in [0.717, 1.165) is 12.8 Å². The summed E-state index contributed by atoms with van der Waals surface area (Å²) >= 11 is 0. The Bertz CT molecular complexity index is 758. The Labute approximate surface area is 168 Å². The van der Waals surface area contributed by atoms with Crippen LogP contribution >= 0.6 is 0 Å². The number of benzene rings is 2.